The molecule has 0 N–H and O–H groups in total. The molecule has 1 saturated heterocycles. The monoisotopic (exact) mass is 358 g/mol. The zero-order chi connectivity index (χ0) is 18.4. The minimum atomic E-state index is -0.479. The van der Waals surface area contributed by atoms with Crippen LogP contribution in [0.25, 0.3) is 22.7 Å². The van der Waals surface area contributed by atoms with E-state index in [2.05, 4.69) is 12.1 Å². The van der Waals surface area contributed by atoms with Crippen LogP contribution in [-0.2, 0) is 14.3 Å². The highest BCUT2D eigenvalue weighted by atomic mass is 16.5. The molecular weight excluding hydrogens is 340 g/mol. The fourth-order valence-electron chi connectivity index (χ4n) is 3.86. The number of esters is 1. The predicted molar refractivity (Wildman–Crippen MR) is 102 cm³/mol. The highest BCUT2D eigenvalue weighted by Gasteiger charge is 2.48. The molecule has 5 nitrogen and oxygen atoms in total. The molecule has 1 aromatic heterocycles. The van der Waals surface area contributed by atoms with Gasteiger partial charge in [-0.05, 0) is 23.8 Å². The van der Waals surface area contributed by atoms with Crippen molar-refractivity contribution in [3.05, 3.63) is 77.5 Å². The number of hydrogen-bond acceptors (Lipinski definition) is 5. The Morgan fingerprint density at radius 2 is 1.96 bits per heavy atom. The van der Waals surface area contributed by atoms with Crippen molar-refractivity contribution in [2.75, 3.05) is 13.7 Å². The maximum absolute atomic E-state index is 12.3. The molecule has 5 rings (SSSR count). The Bertz CT molecular complexity index is 1060. The summed E-state index contributed by atoms with van der Waals surface area (Å²) in [6.07, 6.45) is 1.74. The zero-order valence-electron chi connectivity index (χ0n) is 14.8. The van der Waals surface area contributed by atoms with Crippen molar-refractivity contribution in [2.24, 2.45) is 0 Å². The van der Waals surface area contributed by atoms with Crippen molar-refractivity contribution >= 4 is 28.6 Å². The van der Waals surface area contributed by atoms with Crippen LogP contribution >= 0.6 is 0 Å². The van der Waals surface area contributed by atoms with E-state index in [0.717, 1.165) is 33.4 Å². The first-order valence-electron chi connectivity index (χ1n) is 8.91. The van der Waals surface area contributed by atoms with Crippen LogP contribution in [0.2, 0.25) is 0 Å². The summed E-state index contributed by atoms with van der Waals surface area (Å²) in [6, 6.07) is 19.7. The highest BCUT2D eigenvalue weighted by Crippen LogP contribution is 2.47. The number of methoxy groups -OCH3 is 1. The van der Waals surface area contributed by atoms with Crippen LogP contribution in [0.1, 0.15) is 23.0 Å². The van der Waals surface area contributed by atoms with Crippen LogP contribution in [-0.4, -0.2) is 35.6 Å². The molecule has 3 aromatic rings. The van der Waals surface area contributed by atoms with Crippen LogP contribution in [0.15, 0.2) is 60.7 Å². The third-order valence-corrected chi connectivity index (χ3v) is 5.12. The van der Waals surface area contributed by atoms with Crippen molar-refractivity contribution in [2.45, 2.75) is 12.3 Å². The molecule has 134 valence electrons. The maximum atomic E-state index is 12.3. The molecule has 0 amide bonds. The average Bonchev–Trinajstić information content (AvgIpc) is 3.26. The largest absolute Gasteiger partial charge is 0.467 e. The van der Waals surface area contributed by atoms with Gasteiger partial charge in [0.1, 0.15) is 0 Å². The molecule has 0 bridgehead atoms. The van der Waals surface area contributed by atoms with Gasteiger partial charge in [-0.3, -0.25) is 0 Å². The Labute approximate surface area is 156 Å². The van der Waals surface area contributed by atoms with E-state index in [4.69, 9.17) is 14.5 Å². The number of hydrogen-bond donors (Lipinski definition) is 0. The van der Waals surface area contributed by atoms with Gasteiger partial charge in [-0.15, -0.1) is 0 Å². The van der Waals surface area contributed by atoms with Crippen LogP contribution in [0.4, 0.5) is 0 Å². The number of pyridine rings is 1. The van der Waals surface area contributed by atoms with E-state index in [1.165, 1.54) is 7.11 Å². The van der Waals surface area contributed by atoms with E-state index < -0.39 is 6.04 Å². The van der Waals surface area contributed by atoms with Crippen LogP contribution < -0.4 is 0 Å². The molecule has 0 aliphatic carbocycles. The second-order valence-electron chi connectivity index (χ2n) is 6.69. The number of carbonyl (C=O) groups is 1. The molecular formula is C22H18N2O3. The Morgan fingerprint density at radius 3 is 2.78 bits per heavy atom. The van der Waals surface area contributed by atoms with E-state index in [0.29, 0.717) is 6.61 Å². The van der Waals surface area contributed by atoms with Gasteiger partial charge in [0.05, 0.1) is 30.6 Å². The molecule has 2 atom stereocenters. The summed E-state index contributed by atoms with van der Waals surface area (Å²) in [5.74, 6) is -0.297. The van der Waals surface area contributed by atoms with E-state index in [9.17, 15) is 4.79 Å². The van der Waals surface area contributed by atoms with Crippen molar-refractivity contribution in [1.82, 2.24) is 9.88 Å². The molecule has 0 spiro atoms. The molecule has 0 saturated carbocycles. The topological polar surface area (TPSA) is 51.7 Å². The molecule has 3 heterocycles. The Morgan fingerprint density at radius 1 is 1.19 bits per heavy atom. The van der Waals surface area contributed by atoms with Crippen molar-refractivity contribution < 1.29 is 14.3 Å². The lowest BCUT2D eigenvalue weighted by atomic mass is 10.1. The molecule has 2 aliphatic rings. The van der Waals surface area contributed by atoms with Gasteiger partial charge >= 0.3 is 5.97 Å². The third-order valence-electron chi connectivity index (χ3n) is 5.12. The zero-order valence-corrected chi connectivity index (χ0v) is 14.8. The molecule has 27 heavy (non-hydrogen) atoms. The van der Waals surface area contributed by atoms with Gasteiger partial charge in [0.2, 0.25) is 0 Å². The second kappa shape index (κ2) is 6.21. The molecule has 0 radical (unpaired) electrons. The van der Waals surface area contributed by atoms with Gasteiger partial charge in [-0.1, -0.05) is 48.5 Å². The van der Waals surface area contributed by atoms with Gasteiger partial charge in [0, 0.05) is 10.9 Å². The van der Waals surface area contributed by atoms with Gasteiger partial charge < -0.3 is 14.4 Å². The fraction of sp³-hybridized carbons (Fsp3) is 0.182. The van der Waals surface area contributed by atoms with Gasteiger partial charge in [0.15, 0.2) is 12.3 Å². The summed E-state index contributed by atoms with van der Waals surface area (Å²) in [5, 5.41) is 1.06. The van der Waals surface area contributed by atoms with Crippen molar-refractivity contribution in [3.63, 3.8) is 0 Å². The number of para-hydroxylation sites is 1. The van der Waals surface area contributed by atoms with Crippen LogP contribution in [0.5, 0.6) is 0 Å². The fourth-order valence-corrected chi connectivity index (χ4v) is 3.86. The lowest BCUT2D eigenvalue weighted by Crippen LogP contribution is -2.36. The minimum Gasteiger partial charge on any atom is -0.467 e. The first-order chi connectivity index (χ1) is 13.3. The number of benzene rings is 2. The summed E-state index contributed by atoms with van der Waals surface area (Å²) < 4.78 is 11.0. The maximum Gasteiger partial charge on any atom is 0.331 e. The molecule has 2 aliphatic heterocycles. The lowest BCUT2D eigenvalue weighted by Gasteiger charge is -2.23. The number of ether oxygens (including phenoxy) is 2. The second-order valence-corrected chi connectivity index (χ2v) is 6.69. The van der Waals surface area contributed by atoms with Gasteiger partial charge in [0.25, 0.3) is 0 Å². The van der Waals surface area contributed by atoms with Crippen LogP contribution in [0.3, 0.4) is 0 Å². The average molecular weight is 358 g/mol. The van der Waals surface area contributed by atoms with E-state index >= 15 is 0 Å². The minimum absolute atomic E-state index is 0.297. The normalized spacial score (nSPS) is 22.1. The van der Waals surface area contributed by atoms with Crippen LogP contribution in [0, 0.1) is 0 Å². The van der Waals surface area contributed by atoms with Crippen molar-refractivity contribution in [3.8, 4) is 0 Å². The summed E-state index contributed by atoms with van der Waals surface area (Å²) in [5.41, 5.74) is 4.70. The Balaban J connectivity index is 1.72. The SMILES string of the molecule is COC(=O)[C@@H]1CO[C@H]2c3cc4ccccc4nc3/C(=C/c3ccccc3)N12. The van der Waals surface area contributed by atoms with Gasteiger partial charge in [-0.25, -0.2) is 9.78 Å². The number of aromatic nitrogens is 1. The summed E-state index contributed by atoms with van der Waals surface area (Å²) in [4.78, 5) is 19.2. The van der Waals surface area contributed by atoms with E-state index in [1.54, 1.807) is 0 Å². The first kappa shape index (κ1) is 16.0. The third kappa shape index (κ3) is 2.51. The highest BCUT2D eigenvalue weighted by molar-refractivity contribution is 5.91. The summed E-state index contributed by atoms with van der Waals surface area (Å²) in [7, 11) is 1.41. The van der Waals surface area contributed by atoms with E-state index in [1.807, 2.05) is 59.5 Å². The molecule has 0 unspecified atom stereocenters. The number of carbonyl (C=O) groups excluding carboxylic acids is 1. The number of fused-ring (bicyclic) bond motifs is 4. The standard InChI is InChI=1S/C22H18N2O3/c1-26-22(25)19-13-27-21-16-12-15-9-5-6-10-17(15)23-20(16)18(24(19)21)11-14-7-3-2-4-8-14/h2-12,19,21H,13H2,1H3/b18-11-/t19-,21-/m0/s1. The van der Waals surface area contributed by atoms with E-state index in [-0.39, 0.29) is 12.2 Å². The smallest absolute Gasteiger partial charge is 0.331 e. The summed E-state index contributed by atoms with van der Waals surface area (Å²) in [6.45, 7) is 0.301. The molecule has 5 heteroatoms. The van der Waals surface area contributed by atoms with Crippen molar-refractivity contribution in [1.29, 1.82) is 0 Å². The Kier molecular flexibility index (Phi) is 3.69. The van der Waals surface area contributed by atoms with Gasteiger partial charge in [-0.2, -0.15) is 0 Å². The molecule has 1 fully saturated rings. The Hall–Kier alpha value is -3.18. The molecule has 2 aromatic carbocycles. The summed E-state index contributed by atoms with van der Waals surface area (Å²) >= 11 is 0. The first-order valence-corrected chi connectivity index (χ1v) is 8.91. The predicted octanol–water partition coefficient (Wildman–Crippen LogP) is 3.62. The number of nitrogens with zero attached hydrogens (tertiary/aromatic N) is 2. The quantitative estimate of drug-likeness (QED) is 0.655. The lowest BCUT2D eigenvalue weighted by molar-refractivity contribution is -0.144. The number of rotatable bonds is 2.